The molecule has 0 spiro atoms. The second-order valence-corrected chi connectivity index (χ2v) is 14.4. The SMILES string of the molecule is C/C=C/[C@@]1(OCC)O[Si](C(C)(C)C)(C(C)(C)C)C[C@@H]1C(C)C. The Morgan fingerprint density at radius 3 is 2.00 bits per heavy atom. The lowest BCUT2D eigenvalue weighted by molar-refractivity contribution is -0.174. The average Bonchev–Trinajstić information content (AvgIpc) is 2.65. The van der Waals surface area contributed by atoms with E-state index in [2.05, 4.69) is 81.4 Å². The van der Waals surface area contributed by atoms with Gasteiger partial charge in [0.05, 0.1) is 0 Å². The van der Waals surface area contributed by atoms with E-state index in [1.807, 2.05) is 0 Å². The minimum absolute atomic E-state index is 0.179. The van der Waals surface area contributed by atoms with Crippen molar-refractivity contribution in [3.63, 3.8) is 0 Å². The third kappa shape index (κ3) is 3.22. The van der Waals surface area contributed by atoms with Gasteiger partial charge in [0.1, 0.15) is 0 Å². The standard InChI is InChI=1S/C19H38O2Si/c1-11-13-19(20-12-2)16(15(3)4)14-22(21-19,17(5,6)7)18(8,9)10/h11,13,15-16H,12,14H2,1-10H3/b13-11+/t16-,19-/m1/s1. The number of ether oxygens (including phenoxy) is 1. The molecule has 1 heterocycles. The van der Waals surface area contributed by atoms with E-state index in [0.717, 1.165) is 0 Å². The highest BCUT2D eigenvalue weighted by molar-refractivity contribution is 6.80. The van der Waals surface area contributed by atoms with E-state index in [4.69, 9.17) is 9.16 Å². The summed E-state index contributed by atoms with van der Waals surface area (Å²) in [7, 11) is -2.05. The van der Waals surface area contributed by atoms with Gasteiger partial charge in [-0.1, -0.05) is 61.5 Å². The van der Waals surface area contributed by atoms with Crippen LogP contribution in [0.4, 0.5) is 0 Å². The summed E-state index contributed by atoms with van der Waals surface area (Å²) in [4.78, 5) is 0. The second-order valence-electron chi connectivity index (χ2n) is 9.14. The monoisotopic (exact) mass is 326 g/mol. The van der Waals surface area contributed by atoms with Gasteiger partial charge in [0.15, 0.2) is 5.79 Å². The molecule has 0 aromatic heterocycles. The third-order valence-electron chi connectivity index (χ3n) is 5.35. The van der Waals surface area contributed by atoms with Crippen LogP contribution in [0.15, 0.2) is 12.2 Å². The maximum atomic E-state index is 7.05. The Bertz CT molecular complexity index is 387. The van der Waals surface area contributed by atoms with E-state index in [1.54, 1.807) is 0 Å². The van der Waals surface area contributed by atoms with E-state index in [9.17, 15) is 0 Å². The Morgan fingerprint density at radius 2 is 1.68 bits per heavy atom. The number of allylic oxidation sites excluding steroid dienone is 1. The van der Waals surface area contributed by atoms with Crippen LogP contribution in [-0.2, 0) is 9.16 Å². The summed E-state index contributed by atoms with van der Waals surface area (Å²) in [6.07, 6.45) is 4.27. The summed E-state index contributed by atoms with van der Waals surface area (Å²) < 4.78 is 13.3. The molecular weight excluding hydrogens is 288 g/mol. The van der Waals surface area contributed by atoms with Crippen molar-refractivity contribution in [3.8, 4) is 0 Å². The Balaban J connectivity index is 3.49. The molecule has 22 heavy (non-hydrogen) atoms. The van der Waals surface area contributed by atoms with E-state index >= 15 is 0 Å². The van der Waals surface area contributed by atoms with E-state index in [0.29, 0.717) is 18.4 Å². The minimum atomic E-state index is -2.05. The molecule has 0 unspecified atom stereocenters. The van der Waals surface area contributed by atoms with E-state index in [1.165, 1.54) is 6.04 Å². The fourth-order valence-corrected chi connectivity index (χ4v) is 10.8. The van der Waals surface area contributed by atoms with Crippen LogP contribution in [0.5, 0.6) is 0 Å². The van der Waals surface area contributed by atoms with Crippen LogP contribution in [-0.4, -0.2) is 20.7 Å². The Morgan fingerprint density at radius 1 is 1.18 bits per heavy atom. The maximum absolute atomic E-state index is 7.05. The van der Waals surface area contributed by atoms with Gasteiger partial charge in [0.25, 0.3) is 0 Å². The molecule has 0 aromatic rings. The van der Waals surface area contributed by atoms with Crippen molar-refractivity contribution in [1.82, 2.24) is 0 Å². The molecule has 0 aliphatic carbocycles. The molecule has 1 aliphatic heterocycles. The van der Waals surface area contributed by atoms with Gasteiger partial charge >= 0.3 is 0 Å². The summed E-state index contributed by atoms with van der Waals surface area (Å²) in [5.74, 6) is 0.431. The fraction of sp³-hybridized carbons (Fsp3) is 0.895. The zero-order chi connectivity index (χ0) is 17.4. The molecule has 1 rings (SSSR count). The smallest absolute Gasteiger partial charge is 0.208 e. The Kier molecular flexibility index (Phi) is 5.80. The van der Waals surface area contributed by atoms with Gasteiger partial charge in [-0.05, 0) is 42.0 Å². The molecule has 0 saturated carbocycles. The summed E-state index contributed by atoms with van der Waals surface area (Å²) >= 11 is 0. The Labute approximate surface area is 139 Å². The van der Waals surface area contributed by atoms with Gasteiger partial charge in [-0.15, -0.1) is 0 Å². The van der Waals surface area contributed by atoms with Crippen LogP contribution in [0.25, 0.3) is 0 Å². The van der Waals surface area contributed by atoms with Gasteiger partial charge in [-0.3, -0.25) is 0 Å². The van der Waals surface area contributed by atoms with Crippen molar-refractivity contribution in [2.45, 2.75) is 91.1 Å². The van der Waals surface area contributed by atoms with Crippen LogP contribution in [0.2, 0.25) is 16.1 Å². The van der Waals surface area contributed by atoms with Gasteiger partial charge in [0, 0.05) is 12.5 Å². The number of hydrogen-bond acceptors (Lipinski definition) is 2. The summed E-state index contributed by atoms with van der Waals surface area (Å²) in [6.45, 7) is 23.6. The van der Waals surface area contributed by atoms with Crippen molar-refractivity contribution in [2.24, 2.45) is 11.8 Å². The lowest BCUT2D eigenvalue weighted by atomic mass is 9.88. The normalized spacial score (nSPS) is 29.7. The maximum Gasteiger partial charge on any atom is 0.208 e. The molecule has 0 aromatic carbocycles. The fourth-order valence-electron chi connectivity index (χ4n) is 4.39. The largest absolute Gasteiger partial charge is 0.386 e. The first-order chi connectivity index (χ1) is 9.87. The van der Waals surface area contributed by atoms with E-state index in [-0.39, 0.29) is 10.1 Å². The van der Waals surface area contributed by atoms with Crippen molar-refractivity contribution in [2.75, 3.05) is 6.61 Å². The molecule has 2 atom stereocenters. The number of rotatable bonds is 4. The molecular formula is C19H38O2Si. The zero-order valence-electron chi connectivity index (χ0n) is 16.5. The minimum Gasteiger partial charge on any atom is -0.386 e. The predicted octanol–water partition coefficient (Wildman–Crippen LogP) is 6.14. The quantitative estimate of drug-likeness (QED) is 0.456. The molecule has 130 valence electrons. The molecule has 0 amide bonds. The van der Waals surface area contributed by atoms with Crippen molar-refractivity contribution in [1.29, 1.82) is 0 Å². The molecule has 1 aliphatic rings. The highest BCUT2D eigenvalue weighted by Gasteiger charge is 2.66. The predicted molar refractivity (Wildman–Crippen MR) is 98.6 cm³/mol. The zero-order valence-corrected chi connectivity index (χ0v) is 17.5. The molecule has 3 heteroatoms. The van der Waals surface area contributed by atoms with Crippen molar-refractivity contribution >= 4 is 8.32 Å². The van der Waals surface area contributed by atoms with Crippen LogP contribution < -0.4 is 0 Å². The molecule has 1 saturated heterocycles. The molecule has 0 bridgehead atoms. The highest BCUT2D eigenvalue weighted by Crippen LogP contribution is 2.63. The lowest BCUT2D eigenvalue weighted by Crippen LogP contribution is -2.54. The lowest BCUT2D eigenvalue weighted by Gasteiger charge is -2.49. The Hall–Kier alpha value is -0.123. The van der Waals surface area contributed by atoms with Crippen molar-refractivity contribution in [3.05, 3.63) is 12.2 Å². The first kappa shape index (κ1) is 19.9. The average molecular weight is 327 g/mol. The molecule has 0 N–H and O–H groups in total. The van der Waals surface area contributed by atoms with Gasteiger partial charge in [-0.2, -0.15) is 0 Å². The van der Waals surface area contributed by atoms with Crippen LogP contribution >= 0.6 is 0 Å². The first-order valence-corrected chi connectivity index (χ1v) is 11.0. The van der Waals surface area contributed by atoms with Gasteiger partial charge < -0.3 is 9.16 Å². The summed E-state index contributed by atoms with van der Waals surface area (Å²) in [6, 6.07) is 1.17. The topological polar surface area (TPSA) is 18.5 Å². The van der Waals surface area contributed by atoms with Crippen molar-refractivity contribution < 1.29 is 9.16 Å². The second kappa shape index (κ2) is 6.41. The highest BCUT2D eigenvalue weighted by atomic mass is 28.4. The van der Waals surface area contributed by atoms with Crippen LogP contribution in [0, 0.1) is 11.8 Å². The third-order valence-corrected chi connectivity index (χ3v) is 11.9. The number of hydrogen-bond donors (Lipinski definition) is 0. The first-order valence-electron chi connectivity index (χ1n) is 8.85. The molecule has 1 fully saturated rings. The van der Waals surface area contributed by atoms with E-state index < -0.39 is 14.1 Å². The van der Waals surface area contributed by atoms with Crippen LogP contribution in [0.1, 0.15) is 69.2 Å². The summed E-state index contributed by atoms with van der Waals surface area (Å²) in [5, 5.41) is 0.359. The van der Waals surface area contributed by atoms with Gasteiger partial charge in [0.2, 0.25) is 8.32 Å². The summed E-state index contributed by atoms with van der Waals surface area (Å²) in [5.41, 5.74) is 0. The molecule has 0 radical (unpaired) electrons. The van der Waals surface area contributed by atoms with Crippen LogP contribution in [0.3, 0.4) is 0 Å². The van der Waals surface area contributed by atoms with Gasteiger partial charge in [-0.25, -0.2) is 0 Å². The molecule has 2 nitrogen and oxygen atoms in total.